The zero-order valence-electron chi connectivity index (χ0n) is 25.1. The van der Waals surface area contributed by atoms with Gasteiger partial charge in [0.1, 0.15) is 30.3 Å². The minimum absolute atomic E-state index is 0.0246. The van der Waals surface area contributed by atoms with Gasteiger partial charge >= 0.3 is 12.1 Å². The first-order valence-electron chi connectivity index (χ1n) is 13.5. The van der Waals surface area contributed by atoms with Gasteiger partial charge in [0.25, 0.3) is 21.9 Å². The lowest BCUT2D eigenvalue weighted by Gasteiger charge is -2.49. The van der Waals surface area contributed by atoms with Crippen molar-refractivity contribution in [1.29, 1.82) is 0 Å². The number of hydrogen-bond acceptors (Lipinski definition) is 15. The van der Waals surface area contributed by atoms with Crippen molar-refractivity contribution in [2.75, 3.05) is 39.3 Å². The van der Waals surface area contributed by atoms with Gasteiger partial charge in [-0.2, -0.15) is 8.42 Å². The number of carbonyl (C=O) groups is 5. The summed E-state index contributed by atoms with van der Waals surface area (Å²) in [6, 6.07) is 4.49. The molecule has 3 rings (SSSR count). The number of ketones is 1. The van der Waals surface area contributed by atoms with Crippen molar-refractivity contribution in [3.8, 4) is 0 Å². The highest BCUT2D eigenvalue weighted by atomic mass is 32.2. The largest absolute Gasteiger partial charge is 0.511 e. The van der Waals surface area contributed by atoms with Crippen LogP contribution in [-0.4, -0.2) is 106 Å². The quantitative estimate of drug-likeness (QED) is 0.0527. The van der Waals surface area contributed by atoms with Gasteiger partial charge in [-0.15, -0.1) is 11.8 Å². The predicted molar refractivity (Wildman–Crippen MR) is 156 cm³/mol. The lowest BCUT2D eigenvalue weighted by molar-refractivity contribution is -0.169. The number of aryl methyl sites for hydroxylation is 1. The van der Waals surface area contributed by atoms with E-state index in [1.54, 1.807) is 26.0 Å². The normalized spacial score (nSPS) is 18.7. The van der Waals surface area contributed by atoms with Crippen LogP contribution in [-0.2, 0) is 57.3 Å². The van der Waals surface area contributed by atoms with E-state index in [4.69, 9.17) is 23.2 Å². The summed E-state index contributed by atoms with van der Waals surface area (Å²) in [7, 11) is -2.95. The number of thioether (sulfide) groups is 1. The van der Waals surface area contributed by atoms with Gasteiger partial charge in [0.15, 0.2) is 0 Å². The molecular weight excluding hydrogens is 638 g/mol. The molecule has 0 bridgehead atoms. The Hall–Kier alpha value is -4.00. The Kier molecular flexibility index (Phi) is 12.5. The number of ether oxygens (including phenoxy) is 4. The van der Waals surface area contributed by atoms with Crippen molar-refractivity contribution in [3.05, 3.63) is 41.1 Å². The van der Waals surface area contributed by atoms with Crippen molar-refractivity contribution in [2.24, 2.45) is 5.16 Å². The highest BCUT2D eigenvalue weighted by Crippen LogP contribution is 2.40. The number of nitrogens with one attached hydrogen (secondary N) is 1. The van der Waals surface area contributed by atoms with E-state index in [9.17, 15) is 32.4 Å². The minimum atomic E-state index is -4.34. The molecule has 1 fully saturated rings. The summed E-state index contributed by atoms with van der Waals surface area (Å²) in [6.45, 7) is 5.07. The third-order valence-corrected chi connectivity index (χ3v) is 8.68. The third kappa shape index (κ3) is 8.80. The van der Waals surface area contributed by atoms with E-state index < -0.39 is 69.9 Å². The predicted octanol–water partition coefficient (Wildman–Crippen LogP) is 1.02. The highest BCUT2D eigenvalue weighted by molar-refractivity contribution is 8.00. The molecule has 1 aromatic rings. The van der Waals surface area contributed by atoms with E-state index in [0.29, 0.717) is 5.57 Å². The van der Waals surface area contributed by atoms with Crippen LogP contribution in [0.25, 0.3) is 0 Å². The number of nitrogens with zero attached hydrogens (tertiary/aromatic N) is 2. The van der Waals surface area contributed by atoms with Crippen LogP contribution in [0.1, 0.15) is 26.3 Å². The number of hydrogen-bond donors (Lipinski definition) is 1. The Bertz CT molecular complexity index is 1470. The molecule has 0 aromatic heterocycles. The second-order valence-corrected chi connectivity index (χ2v) is 12.1. The SMILES string of the molecule is CCON=C(C(=O)COS(=O)(=O)c1ccc(C)cc1)C(=O)NC1C(=O)N2C(C(=O)OC(C)OC(=O)OCC)=C(COC)CS[C@H]12. The fraction of sp³-hybridized carbons (Fsp3) is 0.481. The Morgan fingerprint density at radius 1 is 1.11 bits per heavy atom. The summed E-state index contributed by atoms with van der Waals surface area (Å²) in [5.74, 6) is -3.76. The van der Waals surface area contributed by atoms with Gasteiger partial charge in [-0.05, 0) is 38.5 Å². The first-order chi connectivity index (χ1) is 21.3. The summed E-state index contributed by atoms with van der Waals surface area (Å²) in [4.78, 5) is 69.7. The maximum atomic E-state index is 13.2. The Morgan fingerprint density at radius 2 is 1.80 bits per heavy atom. The number of esters is 1. The summed E-state index contributed by atoms with van der Waals surface area (Å²) < 4.78 is 49.7. The molecule has 2 amide bonds. The summed E-state index contributed by atoms with van der Waals surface area (Å²) in [6.07, 6.45) is -2.41. The lowest BCUT2D eigenvalue weighted by atomic mass is 10.0. The van der Waals surface area contributed by atoms with Crippen molar-refractivity contribution in [2.45, 2.75) is 50.3 Å². The standard InChI is InChI=1S/C27H33N3O13S2/c1-6-39-27(35)43-16(4)42-26(34)22-17(12-38-5)14-44-25-21(24(33)30(22)25)28-23(32)20(29-40-7-2)19(31)13-41-45(36,37)18-10-8-15(3)9-11-18/h8-11,16,21,25H,6-7,12-14H2,1-5H3,(H,28,32)/t16?,21?,25-/m1/s1. The third-order valence-electron chi connectivity index (χ3n) is 6.06. The molecule has 0 aliphatic carbocycles. The number of fused-ring (bicyclic) bond motifs is 1. The summed E-state index contributed by atoms with van der Waals surface area (Å²) in [5.41, 5.74) is 0.235. The van der Waals surface area contributed by atoms with Crippen LogP contribution < -0.4 is 5.32 Å². The van der Waals surface area contributed by atoms with Gasteiger partial charge in [-0.1, -0.05) is 22.9 Å². The van der Waals surface area contributed by atoms with Crippen LogP contribution in [0.15, 0.2) is 45.6 Å². The number of methoxy groups -OCH3 is 1. The molecule has 45 heavy (non-hydrogen) atoms. The number of amides is 2. The van der Waals surface area contributed by atoms with Crippen molar-refractivity contribution < 1.29 is 60.4 Å². The molecule has 0 spiro atoms. The molecule has 0 radical (unpaired) electrons. The molecular formula is C27H33N3O13S2. The van der Waals surface area contributed by atoms with Gasteiger partial charge in [0.2, 0.25) is 17.8 Å². The number of Topliss-reactive ketones (excluding diaryl/α,β-unsaturated/α-hetero) is 1. The average Bonchev–Trinajstić information content (AvgIpc) is 2.99. The van der Waals surface area contributed by atoms with Crippen molar-refractivity contribution in [1.82, 2.24) is 10.2 Å². The van der Waals surface area contributed by atoms with E-state index >= 15 is 0 Å². The second kappa shape index (κ2) is 15.8. The molecule has 3 atom stereocenters. The fourth-order valence-corrected chi connectivity index (χ4v) is 6.20. The number of oxime groups is 1. The average molecular weight is 672 g/mol. The van der Waals surface area contributed by atoms with Crippen LogP contribution >= 0.6 is 11.8 Å². The maximum absolute atomic E-state index is 13.2. The van der Waals surface area contributed by atoms with Crippen LogP contribution in [0.2, 0.25) is 0 Å². The monoisotopic (exact) mass is 671 g/mol. The zero-order chi connectivity index (χ0) is 33.3. The number of rotatable bonds is 15. The van der Waals surface area contributed by atoms with E-state index in [1.807, 2.05) is 0 Å². The van der Waals surface area contributed by atoms with Gasteiger partial charge in [0.05, 0.1) is 18.1 Å². The first-order valence-corrected chi connectivity index (χ1v) is 16.0. The molecule has 2 unspecified atom stereocenters. The zero-order valence-corrected chi connectivity index (χ0v) is 26.7. The van der Waals surface area contributed by atoms with Gasteiger partial charge in [0, 0.05) is 19.8 Å². The molecule has 2 aliphatic heterocycles. The molecule has 16 nitrogen and oxygen atoms in total. The fourth-order valence-electron chi connectivity index (χ4n) is 4.01. The van der Waals surface area contributed by atoms with E-state index in [1.165, 1.54) is 44.9 Å². The number of β-lactam (4-membered cyclic amide) rings is 1. The van der Waals surface area contributed by atoms with Gasteiger partial charge < -0.3 is 29.1 Å². The second-order valence-electron chi connectivity index (χ2n) is 9.33. The van der Waals surface area contributed by atoms with E-state index in [2.05, 4.69) is 15.2 Å². The summed E-state index contributed by atoms with van der Waals surface area (Å²) in [5, 5.41) is 5.11. The first kappa shape index (κ1) is 35.5. The maximum Gasteiger partial charge on any atom is 0.511 e. The van der Waals surface area contributed by atoms with Gasteiger partial charge in [-0.3, -0.25) is 23.5 Å². The van der Waals surface area contributed by atoms with Crippen LogP contribution in [0, 0.1) is 6.92 Å². The lowest BCUT2D eigenvalue weighted by Crippen LogP contribution is -2.71. The van der Waals surface area contributed by atoms with Crippen molar-refractivity contribution >= 4 is 57.3 Å². The Morgan fingerprint density at radius 3 is 2.42 bits per heavy atom. The smallest absolute Gasteiger partial charge is 0.435 e. The van der Waals surface area contributed by atoms with Crippen LogP contribution in [0.4, 0.5) is 4.79 Å². The Balaban J connectivity index is 1.72. The van der Waals surface area contributed by atoms with Crippen LogP contribution in [0.5, 0.6) is 0 Å². The number of carbonyl (C=O) groups excluding carboxylic acids is 5. The minimum Gasteiger partial charge on any atom is -0.435 e. The molecule has 246 valence electrons. The van der Waals surface area contributed by atoms with Crippen LogP contribution in [0.3, 0.4) is 0 Å². The van der Waals surface area contributed by atoms with Crippen molar-refractivity contribution in [3.63, 3.8) is 0 Å². The van der Waals surface area contributed by atoms with Gasteiger partial charge in [-0.25, -0.2) is 9.59 Å². The summed E-state index contributed by atoms with van der Waals surface area (Å²) >= 11 is 1.20. The van der Waals surface area contributed by atoms with E-state index in [0.717, 1.165) is 10.5 Å². The highest BCUT2D eigenvalue weighted by Gasteiger charge is 2.55. The molecule has 1 aromatic carbocycles. The topological polar surface area (TPSA) is 202 Å². The molecule has 2 aliphatic rings. The molecule has 0 saturated carbocycles. The molecule has 1 N–H and O–H groups in total. The molecule has 18 heteroatoms. The molecule has 2 heterocycles. The van der Waals surface area contributed by atoms with E-state index in [-0.39, 0.29) is 36.2 Å². The Labute approximate surface area is 263 Å². The molecule has 1 saturated heterocycles. The number of benzene rings is 1.